The number of carbonyl (C=O) groups is 2. The van der Waals surface area contributed by atoms with Gasteiger partial charge in [-0.1, -0.05) is 88.8 Å². The quantitative estimate of drug-likeness (QED) is 0.164. The summed E-state index contributed by atoms with van der Waals surface area (Å²) in [7, 11) is 1.73. The lowest BCUT2D eigenvalue weighted by atomic mass is 9.51. The second-order valence-electron chi connectivity index (χ2n) is 15.4. The molecule has 1 saturated carbocycles. The van der Waals surface area contributed by atoms with E-state index in [4.69, 9.17) is 9.47 Å². The lowest BCUT2D eigenvalue weighted by Crippen LogP contribution is -2.69. The molecule has 6 rings (SSSR count). The van der Waals surface area contributed by atoms with Crippen LogP contribution >= 0.6 is 0 Å². The molecule has 4 aliphatic rings. The average Bonchev–Trinajstić information content (AvgIpc) is 3.41. The number of hydrogen-bond acceptors (Lipinski definition) is 5. The fraction of sp³-hybridized carbons (Fsp3) is 0.659. The van der Waals surface area contributed by atoms with Gasteiger partial charge in [-0.2, -0.15) is 0 Å². The molecule has 6 heteroatoms. The van der Waals surface area contributed by atoms with Crippen molar-refractivity contribution in [1.82, 2.24) is 9.80 Å². The summed E-state index contributed by atoms with van der Waals surface area (Å²) in [6.07, 6.45) is 15.4. The summed E-state index contributed by atoms with van der Waals surface area (Å²) in [4.78, 5) is 31.0. The molecule has 0 radical (unpaired) electrons. The Bertz CT molecular complexity index is 1370. The number of Topliss-reactive ketones (excluding diaryl/α,β-unsaturated/α-hetero) is 1. The molecule has 2 aromatic rings. The molecule has 1 saturated heterocycles. The Hall–Kier alpha value is -2.86. The number of hydrogen-bond donors (Lipinski definition) is 0. The maximum atomic E-state index is 14.1. The smallest absolute Gasteiger partial charge is 0.222 e. The van der Waals surface area contributed by atoms with Gasteiger partial charge in [-0.3, -0.25) is 14.5 Å². The van der Waals surface area contributed by atoms with Crippen molar-refractivity contribution < 1.29 is 19.1 Å². The maximum absolute atomic E-state index is 14.1. The molecule has 1 amide bonds. The van der Waals surface area contributed by atoms with Crippen molar-refractivity contribution in [3.8, 4) is 11.5 Å². The van der Waals surface area contributed by atoms with E-state index in [1.807, 2.05) is 0 Å². The number of aryl methyl sites for hydroxylation is 1. The van der Waals surface area contributed by atoms with Crippen molar-refractivity contribution in [2.75, 3.05) is 26.7 Å². The number of amides is 1. The molecule has 2 heterocycles. The van der Waals surface area contributed by atoms with Crippen LogP contribution in [-0.4, -0.2) is 66.4 Å². The number of piperidine rings is 1. The maximum Gasteiger partial charge on any atom is 0.222 e. The average molecular weight is 643 g/mol. The van der Waals surface area contributed by atoms with Crippen molar-refractivity contribution in [2.45, 2.75) is 134 Å². The summed E-state index contributed by atoms with van der Waals surface area (Å²) in [5.74, 6) is 3.08. The predicted molar refractivity (Wildman–Crippen MR) is 188 cm³/mol. The first-order chi connectivity index (χ1) is 22.8. The van der Waals surface area contributed by atoms with E-state index in [1.54, 1.807) is 14.0 Å². The van der Waals surface area contributed by atoms with Crippen molar-refractivity contribution >= 4 is 11.7 Å². The van der Waals surface area contributed by atoms with Gasteiger partial charge < -0.3 is 14.4 Å². The minimum Gasteiger partial charge on any atom is -0.493 e. The lowest BCUT2D eigenvalue weighted by Gasteiger charge is -2.60. The third kappa shape index (κ3) is 7.00. The molecule has 47 heavy (non-hydrogen) atoms. The van der Waals surface area contributed by atoms with Crippen molar-refractivity contribution in [3.63, 3.8) is 0 Å². The fourth-order valence-electron chi connectivity index (χ4n) is 9.82. The topological polar surface area (TPSA) is 59.1 Å². The number of unbranched alkanes of at least 4 members (excludes halogenated alkanes) is 7. The van der Waals surface area contributed by atoms with E-state index in [0.717, 1.165) is 63.1 Å². The van der Waals surface area contributed by atoms with Gasteiger partial charge in [0.15, 0.2) is 11.5 Å². The van der Waals surface area contributed by atoms with Crippen LogP contribution in [-0.2, 0) is 27.8 Å². The summed E-state index contributed by atoms with van der Waals surface area (Å²) < 4.78 is 12.9. The standard InChI is InChI=1S/C41H58N2O4/c1-29(2)27-43(37(45)19-15-10-8-6-5-7-9-12-16-31-17-13-11-14-18-31)34-22-21-33-35-26-32-20-23-36(46-4)39-38(32)41(33,40(34)47-39)24-25-42(35)28-30(3)44/h11,13-14,17-18,20,23,29,33-35,40H,5-10,12,15-16,19,21-22,24-28H2,1-4H3/t33-,34-,35+,40-,41-/m0/s1. The third-order valence-corrected chi connectivity index (χ3v) is 11.8. The largest absolute Gasteiger partial charge is 0.493 e. The summed E-state index contributed by atoms with van der Waals surface area (Å²) >= 11 is 0. The highest BCUT2D eigenvalue weighted by atomic mass is 16.5. The molecule has 6 nitrogen and oxygen atoms in total. The van der Waals surface area contributed by atoms with E-state index in [9.17, 15) is 9.59 Å². The van der Waals surface area contributed by atoms with E-state index in [-0.39, 0.29) is 23.3 Å². The van der Waals surface area contributed by atoms with Gasteiger partial charge in [0.2, 0.25) is 5.91 Å². The number of benzene rings is 2. The van der Waals surface area contributed by atoms with Crippen molar-refractivity contribution in [3.05, 3.63) is 59.2 Å². The third-order valence-electron chi connectivity index (χ3n) is 11.8. The summed E-state index contributed by atoms with van der Waals surface area (Å²) in [6.45, 7) is 8.36. The van der Waals surface area contributed by atoms with Gasteiger partial charge in [0, 0.05) is 30.0 Å². The number of nitrogens with zero attached hydrogens (tertiary/aromatic N) is 2. The zero-order chi connectivity index (χ0) is 33.0. The first kappa shape index (κ1) is 34.0. The Labute approximate surface area is 283 Å². The molecule has 2 aromatic carbocycles. The molecule has 2 aliphatic carbocycles. The highest BCUT2D eigenvalue weighted by Crippen LogP contribution is 2.64. The molecule has 2 fully saturated rings. The van der Waals surface area contributed by atoms with Gasteiger partial charge in [0.05, 0.1) is 19.7 Å². The van der Waals surface area contributed by atoms with Gasteiger partial charge in [-0.25, -0.2) is 0 Å². The van der Waals surface area contributed by atoms with Crippen molar-refractivity contribution in [1.29, 1.82) is 0 Å². The zero-order valence-electron chi connectivity index (χ0n) is 29.5. The Balaban J connectivity index is 1.08. The van der Waals surface area contributed by atoms with Crippen LogP contribution in [0.25, 0.3) is 0 Å². The molecule has 5 atom stereocenters. The molecule has 0 aromatic heterocycles. The van der Waals surface area contributed by atoms with Gasteiger partial charge >= 0.3 is 0 Å². The fourth-order valence-corrected chi connectivity index (χ4v) is 9.82. The van der Waals surface area contributed by atoms with E-state index in [2.05, 4.69) is 66.1 Å². The first-order valence-electron chi connectivity index (χ1n) is 18.8. The van der Waals surface area contributed by atoms with Crippen molar-refractivity contribution in [2.24, 2.45) is 11.8 Å². The van der Waals surface area contributed by atoms with Gasteiger partial charge in [0.1, 0.15) is 11.9 Å². The Morgan fingerprint density at radius 1 is 0.979 bits per heavy atom. The van der Waals surface area contributed by atoms with E-state index in [0.29, 0.717) is 36.8 Å². The minimum atomic E-state index is -0.130. The number of ketones is 1. The van der Waals surface area contributed by atoms with Crippen LogP contribution in [0.1, 0.15) is 115 Å². The van der Waals surface area contributed by atoms with Crippen LogP contribution in [0, 0.1) is 11.8 Å². The number of likely N-dealkylation sites (tertiary alicyclic amines) is 1. The molecule has 256 valence electrons. The van der Waals surface area contributed by atoms with Gasteiger partial charge in [-0.15, -0.1) is 0 Å². The Morgan fingerprint density at radius 3 is 2.40 bits per heavy atom. The van der Waals surface area contributed by atoms with E-state index < -0.39 is 0 Å². The summed E-state index contributed by atoms with van der Waals surface area (Å²) in [6, 6.07) is 15.5. The van der Waals surface area contributed by atoms with E-state index >= 15 is 0 Å². The highest BCUT2D eigenvalue weighted by molar-refractivity contribution is 5.78. The Kier molecular flexibility index (Phi) is 11.0. The van der Waals surface area contributed by atoms with Gasteiger partial charge in [0.25, 0.3) is 0 Å². The highest BCUT2D eigenvalue weighted by Gasteiger charge is 2.66. The van der Waals surface area contributed by atoms with Crippen LogP contribution < -0.4 is 9.47 Å². The zero-order valence-corrected chi connectivity index (χ0v) is 29.5. The monoisotopic (exact) mass is 642 g/mol. The number of ether oxygens (including phenoxy) is 2. The molecule has 1 spiro atoms. The molecule has 0 unspecified atom stereocenters. The second kappa shape index (κ2) is 15.1. The molecule has 2 aliphatic heterocycles. The SMILES string of the molecule is COc1ccc2c3c1O[C@H]1[C@@H](N(CC(C)C)C(=O)CCCCCCCCCCc4ccccc4)CC[C@H]4[C@@H](C2)N(CC(C)=O)CC[C@@]341. The second-order valence-corrected chi connectivity index (χ2v) is 15.4. The molecule has 2 bridgehead atoms. The first-order valence-corrected chi connectivity index (χ1v) is 18.8. The number of methoxy groups -OCH3 is 1. The molecule has 0 N–H and O–H groups in total. The molecular formula is C41H58N2O4. The summed E-state index contributed by atoms with van der Waals surface area (Å²) in [5, 5.41) is 0. The van der Waals surface area contributed by atoms with Gasteiger partial charge in [-0.05, 0) is 87.4 Å². The van der Waals surface area contributed by atoms with Crippen LogP contribution in [0.15, 0.2) is 42.5 Å². The predicted octanol–water partition coefficient (Wildman–Crippen LogP) is 7.93. The van der Waals surface area contributed by atoms with Crippen LogP contribution in [0.5, 0.6) is 11.5 Å². The van der Waals surface area contributed by atoms with Crippen LogP contribution in [0.2, 0.25) is 0 Å². The molecular weight excluding hydrogens is 584 g/mol. The summed E-state index contributed by atoms with van der Waals surface area (Å²) in [5.41, 5.74) is 4.01. The van der Waals surface area contributed by atoms with Crippen LogP contribution in [0.4, 0.5) is 0 Å². The number of rotatable bonds is 17. The Morgan fingerprint density at radius 2 is 1.70 bits per heavy atom. The minimum absolute atomic E-state index is 0.0556. The van der Waals surface area contributed by atoms with E-state index in [1.165, 1.54) is 61.6 Å². The number of carbonyl (C=O) groups excluding carboxylic acids is 2. The lowest BCUT2D eigenvalue weighted by molar-refractivity contribution is -0.144. The van der Waals surface area contributed by atoms with Crippen LogP contribution in [0.3, 0.4) is 0 Å². The normalized spacial score (nSPS) is 25.7.